The van der Waals surface area contributed by atoms with E-state index in [9.17, 15) is 27.7 Å². The molecule has 11 nitrogen and oxygen atoms in total. The van der Waals surface area contributed by atoms with E-state index in [4.69, 9.17) is 8.83 Å². The van der Waals surface area contributed by atoms with Gasteiger partial charge in [0.1, 0.15) is 22.7 Å². The topological polar surface area (TPSA) is 149 Å². The summed E-state index contributed by atoms with van der Waals surface area (Å²) in [5.74, 6) is -0.511. The maximum Gasteiger partial charge on any atom is 0.273 e. The number of oxazole rings is 1. The minimum Gasteiger partial charge on any atom is -0.455 e. The Morgan fingerprint density at radius 3 is 2.36 bits per heavy atom. The van der Waals surface area contributed by atoms with Crippen LogP contribution in [0.4, 0.5) is 15.8 Å². The van der Waals surface area contributed by atoms with Crippen LogP contribution < -0.4 is 9.62 Å². The second-order valence-corrected chi connectivity index (χ2v) is 12.0. The highest BCUT2D eigenvalue weighted by atomic mass is 32.2. The van der Waals surface area contributed by atoms with Gasteiger partial charge in [0, 0.05) is 48.3 Å². The fourth-order valence-corrected chi connectivity index (χ4v) is 5.44. The molecule has 0 aliphatic carbocycles. The van der Waals surface area contributed by atoms with Crippen molar-refractivity contribution in [2.24, 2.45) is 0 Å². The molecule has 4 aromatic carbocycles. The largest absolute Gasteiger partial charge is 0.455 e. The first-order valence-corrected chi connectivity index (χ1v) is 15.0. The third kappa shape index (κ3) is 5.02. The van der Waals surface area contributed by atoms with Gasteiger partial charge in [-0.25, -0.2) is 17.8 Å². The Morgan fingerprint density at radius 2 is 1.68 bits per heavy atom. The molecule has 222 valence electrons. The van der Waals surface area contributed by atoms with Crippen LogP contribution in [-0.2, 0) is 10.0 Å². The predicted molar refractivity (Wildman–Crippen MR) is 163 cm³/mol. The molecule has 13 heteroatoms. The zero-order chi connectivity index (χ0) is 31.3. The molecule has 6 aromatic rings. The molecule has 44 heavy (non-hydrogen) atoms. The second kappa shape index (κ2) is 10.6. The van der Waals surface area contributed by atoms with E-state index < -0.39 is 26.7 Å². The molecule has 1 N–H and O–H groups in total. The van der Waals surface area contributed by atoms with Crippen molar-refractivity contribution in [1.82, 2.24) is 10.3 Å². The van der Waals surface area contributed by atoms with E-state index in [2.05, 4.69) is 10.3 Å². The van der Waals surface area contributed by atoms with Gasteiger partial charge in [-0.2, -0.15) is 0 Å². The number of benzene rings is 4. The SMILES string of the molecule is CNC(=O)c1c(-c2ccc(F)cc2)oc2cc(N(C)S(C)(=O)=O)c(-c3cccc(-c4nc5ccc([N+](=O)[O-])cc5o4)c3)cc12. The number of fused-ring (bicyclic) bond motifs is 2. The summed E-state index contributed by atoms with van der Waals surface area (Å²) in [6, 6.07) is 19.8. The van der Waals surface area contributed by atoms with Crippen LogP contribution in [0.1, 0.15) is 10.4 Å². The molecule has 0 unspecified atom stereocenters. The second-order valence-electron chi connectivity index (χ2n) is 10.00. The van der Waals surface area contributed by atoms with E-state index >= 15 is 0 Å². The average molecular weight is 615 g/mol. The minimum atomic E-state index is -3.74. The summed E-state index contributed by atoms with van der Waals surface area (Å²) >= 11 is 0. The molecule has 0 fully saturated rings. The Hall–Kier alpha value is -5.56. The number of nitro benzene ring substituents is 1. The quantitative estimate of drug-likeness (QED) is 0.161. The van der Waals surface area contributed by atoms with Gasteiger partial charge in [0.15, 0.2) is 5.58 Å². The van der Waals surface area contributed by atoms with Crippen molar-refractivity contribution in [3.63, 3.8) is 0 Å². The molecule has 0 aliphatic rings. The van der Waals surface area contributed by atoms with Gasteiger partial charge in [-0.3, -0.25) is 19.2 Å². The van der Waals surface area contributed by atoms with Crippen molar-refractivity contribution < 1.29 is 31.4 Å². The highest BCUT2D eigenvalue weighted by molar-refractivity contribution is 7.92. The summed E-state index contributed by atoms with van der Waals surface area (Å²) in [6.45, 7) is 0. The smallest absolute Gasteiger partial charge is 0.273 e. The van der Waals surface area contributed by atoms with Crippen molar-refractivity contribution in [3.05, 3.63) is 100 Å². The maximum atomic E-state index is 13.7. The third-order valence-corrected chi connectivity index (χ3v) is 8.40. The number of nitro groups is 1. The summed E-state index contributed by atoms with van der Waals surface area (Å²) < 4.78 is 52.2. The number of hydrogen-bond acceptors (Lipinski definition) is 8. The Bertz CT molecular complexity index is 2220. The molecule has 2 aromatic heterocycles. The number of halogens is 1. The number of carbonyl (C=O) groups is 1. The van der Waals surface area contributed by atoms with Gasteiger partial charge < -0.3 is 14.2 Å². The highest BCUT2D eigenvalue weighted by Gasteiger charge is 2.26. The number of sulfonamides is 1. The number of hydrogen-bond donors (Lipinski definition) is 1. The van der Waals surface area contributed by atoms with Crippen LogP contribution in [0.2, 0.25) is 0 Å². The fourth-order valence-electron chi connectivity index (χ4n) is 4.93. The van der Waals surface area contributed by atoms with Crippen LogP contribution in [0.25, 0.3) is 56.0 Å². The Morgan fingerprint density at radius 1 is 0.955 bits per heavy atom. The zero-order valence-electron chi connectivity index (χ0n) is 23.5. The van der Waals surface area contributed by atoms with Crippen LogP contribution in [-0.4, -0.2) is 44.6 Å². The van der Waals surface area contributed by atoms with Crippen LogP contribution in [0.15, 0.2) is 87.7 Å². The van der Waals surface area contributed by atoms with Crippen LogP contribution in [0.3, 0.4) is 0 Å². The van der Waals surface area contributed by atoms with E-state index in [1.807, 2.05) is 0 Å². The Kier molecular flexibility index (Phi) is 6.89. The molecular formula is C31H23FN4O7S. The minimum absolute atomic E-state index is 0.136. The van der Waals surface area contributed by atoms with Crippen molar-refractivity contribution >= 4 is 49.4 Å². The van der Waals surface area contributed by atoms with Gasteiger partial charge >= 0.3 is 0 Å². The lowest BCUT2D eigenvalue weighted by atomic mass is 9.97. The fraction of sp³-hybridized carbons (Fsp3) is 0.0968. The maximum absolute atomic E-state index is 13.7. The standard InChI is InChI=1S/C31H23FN4O7S/c1-33-30(37)28-23-15-22(18-5-4-6-19(13-18)31-34-24-12-11-21(36(38)39)14-27(24)43-31)25(35(2)44(3,40)41)16-26(23)42-29(28)17-7-9-20(32)10-8-17/h4-16H,1-3H3,(H,33,37). The van der Waals surface area contributed by atoms with Crippen molar-refractivity contribution in [2.75, 3.05) is 24.7 Å². The number of anilines is 1. The van der Waals surface area contributed by atoms with Crippen molar-refractivity contribution in [1.29, 1.82) is 0 Å². The van der Waals surface area contributed by atoms with Crippen LogP contribution in [0.5, 0.6) is 0 Å². The number of nitrogens with zero attached hydrogens (tertiary/aromatic N) is 3. The van der Waals surface area contributed by atoms with Gasteiger partial charge in [0.2, 0.25) is 15.9 Å². The molecular weight excluding hydrogens is 591 g/mol. The molecule has 1 amide bonds. The van der Waals surface area contributed by atoms with Crippen LogP contribution >= 0.6 is 0 Å². The summed E-state index contributed by atoms with van der Waals surface area (Å²) in [7, 11) is -0.865. The predicted octanol–water partition coefficient (Wildman–Crippen LogP) is 6.38. The number of rotatable bonds is 7. The molecule has 0 bridgehead atoms. The van der Waals surface area contributed by atoms with E-state index in [0.29, 0.717) is 33.2 Å². The molecule has 6 rings (SSSR count). The molecule has 0 saturated carbocycles. The summed E-state index contributed by atoms with van der Waals surface area (Å²) in [4.78, 5) is 28.3. The van der Waals surface area contributed by atoms with Gasteiger partial charge in [-0.1, -0.05) is 12.1 Å². The molecule has 0 saturated heterocycles. The average Bonchev–Trinajstić information content (AvgIpc) is 3.60. The van der Waals surface area contributed by atoms with Crippen molar-refractivity contribution in [2.45, 2.75) is 0 Å². The lowest BCUT2D eigenvalue weighted by Gasteiger charge is -2.21. The number of nitrogens with one attached hydrogen (secondary N) is 1. The first kappa shape index (κ1) is 28.6. The normalized spacial score (nSPS) is 11.6. The number of amides is 1. The molecule has 0 spiro atoms. The molecule has 0 atom stereocenters. The van der Waals surface area contributed by atoms with Gasteiger partial charge in [-0.05, 0) is 54.1 Å². The molecule has 2 heterocycles. The number of furan rings is 1. The summed E-state index contributed by atoms with van der Waals surface area (Å²) in [5, 5.41) is 14.2. The number of carbonyl (C=O) groups excluding carboxylic acids is 1. The van der Waals surface area contributed by atoms with Crippen molar-refractivity contribution in [3.8, 4) is 33.9 Å². The molecule has 0 aliphatic heterocycles. The number of aromatic nitrogens is 1. The molecule has 0 radical (unpaired) electrons. The third-order valence-electron chi connectivity index (χ3n) is 7.21. The van der Waals surface area contributed by atoms with E-state index in [1.165, 1.54) is 62.6 Å². The van der Waals surface area contributed by atoms with E-state index in [0.717, 1.165) is 10.6 Å². The highest BCUT2D eigenvalue weighted by Crippen LogP contribution is 2.42. The number of non-ortho nitro benzene ring substituents is 1. The summed E-state index contributed by atoms with van der Waals surface area (Å²) in [5.41, 5.74) is 3.24. The lowest BCUT2D eigenvalue weighted by molar-refractivity contribution is -0.384. The monoisotopic (exact) mass is 614 g/mol. The Labute approximate surface area is 249 Å². The van der Waals surface area contributed by atoms with Gasteiger partial charge in [0.25, 0.3) is 11.6 Å². The van der Waals surface area contributed by atoms with Gasteiger partial charge in [0.05, 0.1) is 28.5 Å². The zero-order valence-corrected chi connectivity index (χ0v) is 24.3. The lowest BCUT2D eigenvalue weighted by Crippen LogP contribution is -2.25. The van der Waals surface area contributed by atoms with Crippen LogP contribution in [0, 0.1) is 15.9 Å². The van der Waals surface area contributed by atoms with E-state index in [-0.39, 0.29) is 39.8 Å². The Balaban J connectivity index is 1.57. The summed E-state index contributed by atoms with van der Waals surface area (Å²) in [6.07, 6.45) is 1.07. The first-order valence-electron chi connectivity index (χ1n) is 13.1. The van der Waals surface area contributed by atoms with E-state index in [1.54, 1.807) is 30.3 Å². The van der Waals surface area contributed by atoms with Gasteiger partial charge in [-0.15, -0.1) is 0 Å². The first-order chi connectivity index (χ1) is 20.9.